The number of thiophene rings is 2. The average Bonchev–Trinajstić information content (AvgIpc) is 2.91. The molecule has 0 bridgehead atoms. The van der Waals surface area contributed by atoms with Crippen LogP contribution in [-0.2, 0) is 12.8 Å². The molecular formula is C15H16OS2. The maximum Gasteiger partial charge on any atom is 0.213 e. The van der Waals surface area contributed by atoms with E-state index in [9.17, 15) is 4.79 Å². The Kier molecular flexibility index (Phi) is 3.12. The Bertz CT molecular complexity index is 581. The SMILES string of the molecule is Cc1cc(C)c(C(=O)c2cc3c(s2)CCCC3)s1. The van der Waals surface area contributed by atoms with E-state index in [1.54, 1.807) is 22.7 Å². The van der Waals surface area contributed by atoms with Gasteiger partial charge in [0.2, 0.25) is 5.78 Å². The molecule has 0 saturated heterocycles. The van der Waals surface area contributed by atoms with E-state index in [2.05, 4.69) is 19.1 Å². The molecule has 0 aliphatic heterocycles. The molecular weight excluding hydrogens is 260 g/mol. The van der Waals surface area contributed by atoms with E-state index in [0.717, 1.165) is 28.2 Å². The topological polar surface area (TPSA) is 17.1 Å². The smallest absolute Gasteiger partial charge is 0.213 e. The summed E-state index contributed by atoms with van der Waals surface area (Å²) in [6.45, 7) is 4.10. The number of hydrogen-bond donors (Lipinski definition) is 0. The van der Waals surface area contributed by atoms with Crippen molar-refractivity contribution in [1.82, 2.24) is 0 Å². The summed E-state index contributed by atoms with van der Waals surface area (Å²) in [5, 5.41) is 0. The Balaban J connectivity index is 1.97. The van der Waals surface area contributed by atoms with Gasteiger partial charge in [0.15, 0.2) is 0 Å². The number of aryl methyl sites for hydroxylation is 4. The van der Waals surface area contributed by atoms with Crippen molar-refractivity contribution in [3.63, 3.8) is 0 Å². The highest BCUT2D eigenvalue weighted by molar-refractivity contribution is 7.17. The number of rotatable bonds is 2. The predicted molar refractivity (Wildman–Crippen MR) is 78.2 cm³/mol. The molecule has 2 aromatic heterocycles. The molecule has 1 nitrogen and oxygen atoms in total. The number of hydrogen-bond acceptors (Lipinski definition) is 3. The first kappa shape index (κ1) is 12.1. The molecule has 0 fully saturated rings. The van der Waals surface area contributed by atoms with Gasteiger partial charge in [-0.3, -0.25) is 4.79 Å². The molecule has 3 rings (SSSR count). The van der Waals surface area contributed by atoms with Crippen molar-refractivity contribution in [2.24, 2.45) is 0 Å². The lowest BCUT2D eigenvalue weighted by atomic mass is 9.99. The zero-order chi connectivity index (χ0) is 12.7. The van der Waals surface area contributed by atoms with Crippen LogP contribution < -0.4 is 0 Å². The zero-order valence-electron chi connectivity index (χ0n) is 10.7. The van der Waals surface area contributed by atoms with Gasteiger partial charge in [-0.15, -0.1) is 22.7 Å². The van der Waals surface area contributed by atoms with Gasteiger partial charge in [-0.1, -0.05) is 0 Å². The highest BCUT2D eigenvalue weighted by atomic mass is 32.1. The monoisotopic (exact) mass is 276 g/mol. The van der Waals surface area contributed by atoms with Gasteiger partial charge in [-0.2, -0.15) is 0 Å². The summed E-state index contributed by atoms with van der Waals surface area (Å²) in [5.41, 5.74) is 2.54. The average molecular weight is 276 g/mol. The lowest BCUT2D eigenvalue weighted by Crippen LogP contribution is -1.97. The molecule has 2 heterocycles. The van der Waals surface area contributed by atoms with E-state index in [-0.39, 0.29) is 5.78 Å². The molecule has 0 saturated carbocycles. The first-order valence-electron chi connectivity index (χ1n) is 6.38. The van der Waals surface area contributed by atoms with Crippen LogP contribution >= 0.6 is 22.7 Å². The lowest BCUT2D eigenvalue weighted by molar-refractivity contribution is 0.104. The van der Waals surface area contributed by atoms with E-state index >= 15 is 0 Å². The van der Waals surface area contributed by atoms with Gasteiger partial charge < -0.3 is 0 Å². The number of carbonyl (C=O) groups excluding carboxylic acids is 1. The maximum atomic E-state index is 12.5. The van der Waals surface area contributed by atoms with Crippen LogP contribution in [0.5, 0.6) is 0 Å². The second kappa shape index (κ2) is 4.63. The van der Waals surface area contributed by atoms with Crippen molar-refractivity contribution in [1.29, 1.82) is 0 Å². The first-order valence-corrected chi connectivity index (χ1v) is 8.02. The lowest BCUT2D eigenvalue weighted by Gasteiger charge is -2.08. The summed E-state index contributed by atoms with van der Waals surface area (Å²) in [4.78, 5) is 17.0. The van der Waals surface area contributed by atoms with E-state index in [0.29, 0.717) is 0 Å². The largest absolute Gasteiger partial charge is 0.287 e. The van der Waals surface area contributed by atoms with Crippen LogP contribution in [0.2, 0.25) is 0 Å². The van der Waals surface area contributed by atoms with Crippen LogP contribution in [-0.4, -0.2) is 5.78 Å². The first-order chi connectivity index (χ1) is 8.65. The summed E-state index contributed by atoms with van der Waals surface area (Å²) < 4.78 is 0. The molecule has 0 amide bonds. The quantitative estimate of drug-likeness (QED) is 0.736. The molecule has 0 atom stereocenters. The molecule has 18 heavy (non-hydrogen) atoms. The van der Waals surface area contributed by atoms with Crippen molar-refractivity contribution in [3.8, 4) is 0 Å². The Morgan fingerprint density at radius 3 is 2.56 bits per heavy atom. The van der Waals surface area contributed by atoms with Crippen LogP contribution in [0.3, 0.4) is 0 Å². The van der Waals surface area contributed by atoms with E-state index in [4.69, 9.17) is 0 Å². The molecule has 94 valence electrons. The Morgan fingerprint density at radius 1 is 1.11 bits per heavy atom. The Hall–Kier alpha value is -0.930. The van der Waals surface area contributed by atoms with Gasteiger partial charge in [0.1, 0.15) is 0 Å². The van der Waals surface area contributed by atoms with Crippen molar-refractivity contribution in [3.05, 3.63) is 42.8 Å². The van der Waals surface area contributed by atoms with Gasteiger partial charge in [-0.25, -0.2) is 0 Å². The second-order valence-electron chi connectivity index (χ2n) is 4.96. The van der Waals surface area contributed by atoms with Crippen LogP contribution in [0.1, 0.15) is 48.3 Å². The van der Waals surface area contributed by atoms with Crippen molar-refractivity contribution in [2.45, 2.75) is 39.5 Å². The second-order valence-corrected chi connectivity index (χ2v) is 7.36. The normalized spacial score (nSPS) is 14.6. The molecule has 3 heteroatoms. The summed E-state index contributed by atoms with van der Waals surface area (Å²) in [6, 6.07) is 4.24. The molecule has 0 radical (unpaired) electrons. The molecule has 1 aliphatic rings. The summed E-state index contributed by atoms with van der Waals surface area (Å²) in [6.07, 6.45) is 4.87. The fraction of sp³-hybridized carbons (Fsp3) is 0.400. The van der Waals surface area contributed by atoms with E-state index in [1.807, 2.05) is 6.92 Å². The standard InChI is InChI=1S/C15H16OS2/c1-9-7-10(2)17-15(9)14(16)13-8-11-5-3-4-6-12(11)18-13/h7-8H,3-6H2,1-2H3. The van der Waals surface area contributed by atoms with Crippen LogP contribution in [0.4, 0.5) is 0 Å². The van der Waals surface area contributed by atoms with Crippen molar-refractivity contribution >= 4 is 28.5 Å². The Morgan fingerprint density at radius 2 is 1.89 bits per heavy atom. The molecule has 1 aliphatic carbocycles. The minimum absolute atomic E-state index is 0.227. The van der Waals surface area contributed by atoms with Crippen LogP contribution in [0, 0.1) is 13.8 Å². The number of ketones is 1. The minimum atomic E-state index is 0.227. The van der Waals surface area contributed by atoms with Gasteiger partial charge >= 0.3 is 0 Å². The van der Waals surface area contributed by atoms with Gasteiger partial charge in [-0.05, 0) is 62.8 Å². The fourth-order valence-electron chi connectivity index (χ4n) is 2.58. The van der Waals surface area contributed by atoms with Gasteiger partial charge in [0, 0.05) is 9.75 Å². The fourth-order valence-corrected chi connectivity index (χ4v) is 4.83. The summed E-state index contributed by atoms with van der Waals surface area (Å²) in [7, 11) is 0. The molecule has 0 spiro atoms. The summed E-state index contributed by atoms with van der Waals surface area (Å²) in [5.74, 6) is 0.227. The third-order valence-corrected chi connectivity index (χ3v) is 5.85. The van der Waals surface area contributed by atoms with Gasteiger partial charge in [0.25, 0.3) is 0 Å². The van der Waals surface area contributed by atoms with Crippen LogP contribution in [0.25, 0.3) is 0 Å². The van der Waals surface area contributed by atoms with Crippen molar-refractivity contribution in [2.75, 3.05) is 0 Å². The molecule has 2 aromatic rings. The molecule has 0 aromatic carbocycles. The third-order valence-electron chi connectivity index (χ3n) is 3.47. The number of carbonyl (C=O) groups is 1. The predicted octanol–water partition coefficient (Wildman–Crippen LogP) is 4.54. The zero-order valence-corrected chi connectivity index (χ0v) is 12.3. The van der Waals surface area contributed by atoms with Gasteiger partial charge in [0.05, 0.1) is 9.75 Å². The summed E-state index contributed by atoms with van der Waals surface area (Å²) >= 11 is 3.33. The third kappa shape index (κ3) is 2.06. The molecule has 0 N–H and O–H groups in total. The minimum Gasteiger partial charge on any atom is -0.287 e. The maximum absolute atomic E-state index is 12.5. The highest BCUT2D eigenvalue weighted by Gasteiger charge is 2.20. The number of fused-ring (bicyclic) bond motifs is 1. The van der Waals surface area contributed by atoms with Crippen LogP contribution in [0.15, 0.2) is 12.1 Å². The Labute approximate surface area is 115 Å². The highest BCUT2D eigenvalue weighted by Crippen LogP contribution is 2.33. The molecule has 0 unspecified atom stereocenters. The van der Waals surface area contributed by atoms with E-state index < -0.39 is 0 Å². The van der Waals surface area contributed by atoms with E-state index in [1.165, 1.54) is 28.2 Å². The van der Waals surface area contributed by atoms with Crippen molar-refractivity contribution < 1.29 is 4.79 Å².